The Labute approximate surface area is 226 Å². The van der Waals surface area contributed by atoms with Gasteiger partial charge in [0, 0.05) is 30.1 Å². The summed E-state index contributed by atoms with van der Waals surface area (Å²) in [6.07, 6.45) is 2.55. The van der Waals surface area contributed by atoms with Crippen LogP contribution >= 0.6 is 0 Å². The van der Waals surface area contributed by atoms with Gasteiger partial charge in [0.1, 0.15) is 12.1 Å². The van der Waals surface area contributed by atoms with Crippen molar-refractivity contribution in [2.24, 2.45) is 0 Å². The van der Waals surface area contributed by atoms with Gasteiger partial charge in [-0.15, -0.1) is 0 Å². The van der Waals surface area contributed by atoms with Gasteiger partial charge in [-0.05, 0) is 36.2 Å². The molecule has 0 fully saturated rings. The van der Waals surface area contributed by atoms with Gasteiger partial charge in [0.05, 0.1) is 28.4 Å². The molecule has 5 rings (SSSR count). The third-order valence-electron chi connectivity index (χ3n) is 6.22. The molecule has 2 N–H and O–H groups in total. The minimum absolute atomic E-state index is 0.390. The number of rotatable bonds is 11. The molecule has 0 aliphatic heterocycles. The highest BCUT2D eigenvalue weighted by atomic mass is 16.5. The predicted octanol–water partition coefficient (Wildman–Crippen LogP) is 5.25. The van der Waals surface area contributed by atoms with Gasteiger partial charge in [-0.25, -0.2) is 4.98 Å². The Morgan fingerprint density at radius 1 is 0.795 bits per heavy atom. The first-order valence-corrected chi connectivity index (χ1v) is 12.4. The largest absolute Gasteiger partial charge is 0.497 e. The number of para-hydroxylation sites is 1. The molecule has 10 heteroatoms. The maximum atomic E-state index is 5.51. The first-order valence-electron chi connectivity index (χ1n) is 12.4. The van der Waals surface area contributed by atoms with E-state index < -0.39 is 0 Å². The molecule has 0 atom stereocenters. The van der Waals surface area contributed by atoms with Crippen LogP contribution in [0.2, 0.25) is 0 Å². The van der Waals surface area contributed by atoms with Crippen molar-refractivity contribution in [1.82, 2.24) is 19.5 Å². The van der Waals surface area contributed by atoms with Crippen LogP contribution in [0.5, 0.6) is 23.0 Å². The van der Waals surface area contributed by atoms with Crippen LogP contribution in [-0.4, -0.2) is 54.5 Å². The molecule has 2 heterocycles. The number of aromatic nitrogens is 4. The minimum atomic E-state index is 0.390. The summed E-state index contributed by atoms with van der Waals surface area (Å²) in [6, 6.07) is 21.6. The van der Waals surface area contributed by atoms with Crippen LogP contribution in [0.25, 0.3) is 16.9 Å². The highest BCUT2D eigenvalue weighted by Crippen LogP contribution is 2.40. The zero-order chi connectivity index (χ0) is 27.2. The Balaban J connectivity index is 1.49. The van der Waals surface area contributed by atoms with Crippen LogP contribution in [0.4, 0.5) is 17.5 Å². The van der Waals surface area contributed by atoms with E-state index in [1.165, 1.54) is 5.56 Å². The van der Waals surface area contributed by atoms with Gasteiger partial charge in [0.15, 0.2) is 28.5 Å². The minimum Gasteiger partial charge on any atom is -0.497 e. The second kappa shape index (κ2) is 11.6. The number of anilines is 3. The van der Waals surface area contributed by atoms with Crippen LogP contribution in [-0.2, 0) is 6.42 Å². The molecule has 39 heavy (non-hydrogen) atoms. The van der Waals surface area contributed by atoms with Crippen molar-refractivity contribution in [3.05, 3.63) is 78.6 Å². The van der Waals surface area contributed by atoms with Crippen molar-refractivity contribution >= 4 is 28.6 Å². The lowest BCUT2D eigenvalue weighted by Crippen LogP contribution is -2.09. The first-order chi connectivity index (χ1) is 19.1. The topological polar surface area (TPSA) is 105 Å². The molecule has 0 spiro atoms. The SMILES string of the molecule is COc1ccc(CCNc2nc(Nc3cc(OC)c(OC)c(OC)c3)nc3c2ncn3-c2ccccc2)cc1. The smallest absolute Gasteiger partial charge is 0.231 e. The van der Waals surface area contributed by atoms with Crippen molar-refractivity contribution in [1.29, 1.82) is 0 Å². The number of nitrogens with zero attached hydrogens (tertiary/aromatic N) is 4. The molecule has 5 aromatic rings. The van der Waals surface area contributed by atoms with Crippen LogP contribution in [0.3, 0.4) is 0 Å². The highest BCUT2D eigenvalue weighted by Gasteiger charge is 2.17. The average Bonchev–Trinajstić information content (AvgIpc) is 3.41. The molecule has 200 valence electrons. The number of benzene rings is 3. The number of fused-ring (bicyclic) bond motifs is 1. The molecule has 10 nitrogen and oxygen atoms in total. The Kier molecular flexibility index (Phi) is 7.63. The third-order valence-corrected chi connectivity index (χ3v) is 6.22. The van der Waals surface area contributed by atoms with E-state index in [4.69, 9.17) is 28.9 Å². The van der Waals surface area contributed by atoms with E-state index in [9.17, 15) is 0 Å². The van der Waals surface area contributed by atoms with Crippen LogP contribution < -0.4 is 29.6 Å². The first kappa shape index (κ1) is 25.7. The van der Waals surface area contributed by atoms with E-state index in [0.717, 1.165) is 17.9 Å². The summed E-state index contributed by atoms with van der Waals surface area (Å²) in [5.74, 6) is 3.39. The molecule has 0 unspecified atom stereocenters. The van der Waals surface area contributed by atoms with E-state index in [2.05, 4.69) is 27.8 Å². The molecule has 0 saturated carbocycles. The van der Waals surface area contributed by atoms with Crippen molar-refractivity contribution < 1.29 is 18.9 Å². The quantitative estimate of drug-likeness (QED) is 0.239. The Hall–Kier alpha value is -4.99. The molecule has 0 radical (unpaired) electrons. The fourth-order valence-corrected chi connectivity index (χ4v) is 4.26. The maximum absolute atomic E-state index is 5.51. The molecule has 0 aliphatic rings. The molecule has 3 aromatic carbocycles. The molecule has 2 aromatic heterocycles. The van der Waals surface area contributed by atoms with E-state index in [-0.39, 0.29) is 0 Å². The summed E-state index contributed by atoms with van der Waals surface area (Å²) in [5, 5.41) is 6.75. The summed E-state index contributed by atoms with van der Waals surface area (Å²) < 4.78 is 23.7. The molecule has 0 aliphatic carbocycles. The standard InChI is InChI=1S/C29H30N6O4/c1-36-22-12-10-19(11-13-22)14-15-30-27-25-28(35(18-31-25)21-8-6-5-7-9-21)34-29(33-27)32-20-16-23(37-2)26(39-4)24(17-20)38-3/h5-13,16-18H,14-15H2,1-4H3,(H2,30,32,33,34). The molecule has 0 amide bonds. The average molecular weight is 527 g/mol. The molecule has 0 saturated heterocycles. The van der Waals surface area contributed by atoms with Crippen LogP contribution in [0.1, 0.15) is 5.56 Å². The zero-order valence-electron chi connectivity index (χ0n) is 22.3. The normalized spacial score (nSPS) is 10.8. The zero-order valence-corrected chi connectivity index (χ0v) is 22.3. The lowest BCUT2D eigenvalue weighted by molar-refractivity contribution is 0.324. The second-order valence-corrected chi connectivity index (χ2v) is 8.58. The summed E-state index contributed by atoms with van der Waals surface area (Å²) in [7, 11) is 6.38. The Morgan fingerprint density at radius 2 is 1.51 bits per heavy atom. The summed E-state index contributed by atoms with van der Waals surface area (Å²) in [4.78, 5) is 14.2. The van der Waals surface area contributed by atoms with Gasteiger partial charge in [0.25, 0.3) is 0 Å². The third kappa shape index (κ3) is 5.49. The number of hydrogen-bond acceptors (Lipinski definition) is 9. The summed E-state index contributed by atoms with van der Waals surface area (Å²) in [5.41, 5.74) is 4.14. The summed E-state index contributed by atoms with van der Waals surface area (Å²) >= 11 is 0. The number of ether oxygens (including phenoxy) is 4. The summed E-state index contributed by atoms with van der Waals surface area (Å²) in [6.45, 7) is 0.653. The second-order valence-electron chi connectivity index (χ2n) is 8.58. The lowest BCUT2D eigenvalue weighted by atomic mass is 10.1. The van der Waals surface area contributed by atoms with Gasteiger partial charge in [-0.3, -0.25) is 4.57 Å². The lowest BCUT2D eigenvalue weighted by Gasteiger charge is -2.15. The fraction of sp³-hybridized carbons (Fsp3) is 0.207. The van der Waals surface area contributed by atoms with Crippen molar-refractivity contribution in [3.63, 3.8) is 0 Å². The van der Waals surface area contributed by atoms with Gasteiger partial charge >= 0.3 is 0 Å². The van der Waals surface area contributed by atoms with Crippen molar-refractivity contribution in [2.45, 2.75) is 6.42 Å². The number of methoxy groups -OCH3 is 4. The Bertz CT molecular complexity index is 1530. The van der Waals surface area contributed by atoms with Crippen molar-refractivity contribution in [3.8, 4) is 28.7 Å². The fourth-order valence-electron chi connectivity index (χ4n) is 4.26. The maximum Gasteiger partial charge on any atom is 0.231 e. The van der Waals surface area contributed by atoms with E-state index in [0.29, 0.717) is 52.4 Å². The van der Waals surface area contributed by atoms with Gasteiger partial charge in [-0.1, -0.05) is 30.3 Å². The van der Waals surface area contributed by atoms with Crippen LogP contribution in [0, 0.1) is 0 Å². The van der Waals surface area contributed by atoms with E-state index in [1.54, 1.807) is 46.9 Å². The monoisotopic (exact) mass is 526 g/mol. The van der Waals surface area contributed by atoms with Gasteiger partial charge in [0.2, 0.25) is 11.7 Å². The van der Waals surface area contributed by atoms with Crippen molar-refractivity contribution in [2.75, 3.05) is 45.6 Å². The highest BCUT2D eigenvalue weighted by molar-refractivity contribution is 5.86. The Morgan fingerprint density at radius 3 is 2.15 bits per heavy atom. The van der Waals surface area contributed by atoms with E-state index in [1.807, 2.05) is 47.0 Å². The van der Waals surface area contributed by atoms with E-state index >= 15 is 0 Å². The van der Waals surface area contributed by atoms with Gasteiger partial charge < -0.3 is 29.6 Å². The van der Waals surface area contributed by atoms with Crippen LogP contribution in [0.15, 0.2) is 73.1 Å². The number of hydrogen-bond donors (Lipinski definition) is 2. The number of imidazole rings is 1. The molecular formula is C29H30N6O4. The molecule has 0 bridgehead atoms. The van der Waals surface area contributed by atoms with Gasteiger partial charge in [-0.2, -0.15) is 9.97 Å². The molecular weight excluding hydrogens is 496 g/mol. The number of nitrogens with one attached hydrogen (secondary N) is 2. The predicted molar refractivity (Wildman–Crippen MR) is 151 cm³/mol.